The number of sulfonamides is 1. The van der Waals surface area contributed by atoms with Crippen LogP contribution in [0.4, 0.5) is 0 Å². The van der Waals surface area contributed by atoms with Gasteiger partial charge in [-0.1, -0.05) is 37.4 Å². The van der Waals surface area contributed by atoms with Crippen LogP contribution < -0.4 is 5.73 Å². The highest BCUT2D eigenvalue weighted by molar-refractivity contribution is 7.89. The fourth-order valence-electron chi connectivity index (χ4n) is 2.86. The number of nitrogens with zero attached hydrogens (tertiary/aromatic N) is 1. The maximum Gasteiger partial charge on any atom is 0.243 e. The molecule has 118 valence electrons. The summed E-state index contributed by atoms with van der Waals surface area (Å²) in [7, 11) is -3.49. The zero-order valence-corrected chi connectivity index (χ0v) is 14.0. The Balaban J connectivity index is 2.37. The van der Waals surface area contributed by atoms with Gasteiger partial charge in [0, 0.05) is 24.2 Å². The molecule has 0 amide bonds. The van der Waals surface area contributed by atoms with E-state index in [9.17, 15) is 8.42 Å². The molecule has 1 heterocycles. The van der Waals surface area contributed by atoms with E-state index >= 15 is 0 Å². The predicted molar refractivity (Wildman–Crippen MR) is 85.8 cm³/mol. The number of hydrogen-bond donors (Lipinski definition) is 1. The molecule has 2 N–H and O–H groups in total. The Labute approximate surface area is 132 Å². The van der Waals surface area contributed by atoms with Crippen LogP contribution in [0, 0.1) is 0 Å². The van der Waals surface area contributed by atoms with E-state index in [-0.39, 0.29) is 10.9 Å². The molecule has 0 radical (unpaired) electrons. The summed E-state index contributed by atoms with van der Waals surface area (Å²) < 4.78 is 27.5. The van der Waals surface area contributed by atoms with E-state index < -0.39 is 10.0 Å². The molecule has 1 atom stereocenters. The first kappa shape index (κ1) is 16.7. The standard InChI is InChI=1S/C15H23ClN2O2S/c1-2-13-6-4-3-5-9-18(13)21(19,20)14-8-7-12(11-17)15(16)10-14/h7-8,10,13H,2-6,9,11,17H2,1H3. The Morgan fingerprint density at radius 3 is 2.71 bits per heavy atom. The second-order valence-corrected chi connectivity index (χ2v) is 7.78. The number of nitrogens with two attached hydrogens (primary N) is 1. The monoisotopic (exact) mass is 330 g/mol. The highest BCUT2D eigenvalue weighted by atomic mass is 35.5. The molecule has 4 nitrogen and oxygen atoms in total. The molecule has 6 heteroatoms. The smallest absolute Gasteiger partial charge is 0.243 e. The second-order valence-electron chi connectivity index (χ2n) is 5.48. The Kier molecular flexibility index (Phi) is 5.66. The summed E-state index contributed by atoms with van der Waals surface area (Å²) in [5.41, 5.74) is 6.34. The van der Waals surface area contributed by atoms with Gasteiger partial charge < -0.3 is 5.73 Å². The van der Waals surface area contributed by atoms with Crippen molar-refractivity contribution in [3.05, 3.63) is 28.8 Å². The third kappa shape index (κ3) is 3.59. The molecule has 0 aliphatic carbocycles. The normalized spacial score (nSPS) is 21.2. The molecule has 1 aliphatic rings. The molecular weight excluding hydrogens is 308 g/mol. The summed E-state index contributed by atoms with van der Waals surface area (Å²) in [6, 6.07) is 4.93. The minimum absolute atomic E-state index is 0.0884. The van der Waals surface area contributed by atoms with Gasteiger partial charge in [-0.2, -0.15) is 4.31 Å². The molecule has 1 aliphatic heterocycles. The Hall–Kier alpha value is -0.620. The lowest BCUT2D eigenvalue weighted by atomic mass is 10.1. The van der Waals surface area contributed by atoms with Gasteiger partial charge in [-0.25, -0.2) is 8.42 Å². The average molecular weight is 331 g/mol. The molecule has 2 rings (SSSR count). The Morgan fingerprint density at radius 1 is 1.33 bits per heavy atom. The van der Waals surface area contributed by atoms with Gasteiger partial charge in [0.25, 0.3) is 0 Å². The fraction of sp³-hybridized carbons (Fsp3) is 0.600. The van der Waals surface area contributed by atoms with Crippen LogP contribution in [0.2, 0.25) is 5.02 Å². The van der Waals surface area contributed by atoms with E-state index in [1.807, 2.05) is 6.92 Å². The van der Waals surface area contributed by atoms with E-state index in [4.69, 9.17) is 17.3 Å². The molecule has 0 spiro atoms. The van der Waals surface area contributed by atoms with Gasteiger partial charge in [-0.15, -0.1) is 0 Å². The summed E-state index contributed by atoms with van der Waals surface area (Å²) >= 11 is 6.11. The van der Waals surface area contributed by atoms with E-state index in [0.29, 0.717) is 18.1 Å². The van der Waals surface area contributed by atoms with Gasteiger partial charge in [-0.05, 0) is 37.0 Å². The zero-order valence-electron chi connectivity index (χ0n) is 12.4. The third-order valence-electron chi connectivity index (χ3n) is 4.15. The van der Waals surface area contributed by atoms with Crippen molar-refractivity contribution in [1.29, 1.82) is 0 Å². The highest BCUT2D eigenvalue weighted by Crippen LogP contribution is 2.28. The number of halogens is 1. The molecular formula is C15H23ClN2O2S. The lowest BCUT2D eigenvalue weighted by Gasteiger charge is -2.28. The van der Waals surface area contributed by atoms with Crippen molar-refractivity contribution < 1.29 is 8.42 Å². The Bertz CT molecular complexity index is 589. The van der Waals surface area contributed by atoms with Crippen LogP contribution in [0.1, 0.15) is 44.6 Å². The quantitative estimate of drug-likeness (QED) is 0.922. The topological polar surface area (TPSA) is 63.4 Å². The van der Waals surface area contributed by atoms with Crippen LogP contribution in [0.25, 0.3) is 0 Å². The van der Waals surface area contributed by atoms with Crippen molar-refractivity contribution in [2.75, 3.05) is 6.54 Å². The molecule has 0 aromatic heterocycles. The van der Waals surface area contributed by atoms with Crippen LogP contribution in [-0.2, 0) is 16.6 Å². The number of rotatable bonds is 4. The van der Waals surface area contributed by atoms with Gasteiger partial charge in [0.15, 0.2) is 0 Å². The minimum atomic E-state index is -3.49. The number of benzene rings is 1. The SMILES string of the molecule is CCC1CCCCCN1S(=O)(=O)c1ccc(CN)c(Cl)c1. The van der Waals surface area contributed by atoms with Crippen molar-refractivity contribution in [3.8, 4) is 0 Å². The van der Waals surface area contributed by atoms with E-state index in [2.05, 4.69) is 0 Å². The second kappa shape index (κ2) is 7.09. The highest BCUT2D eigenvalue weighted by Gasteiger charge is 2.31. The van der Waals surface area contributed by atoms with Gasteiger partial charge in [-0.3, -0.25) is 0 Å². The number of hydrogen-bond acceptors (Lipinski definition) is 3. The van der Waals surface area contributed by atoms with Crippen molar-refractivity contribution in [3.63, 3.8) is 0 Å². The van der Waals surface area contributed by atoms with Crippen LogP contribution in [0.3, 0.4) is 0 Å². The molecule has 1 fully saturated rings. The first-order valence-electron chi connectivity index (χ1n) is 7.51. The van der Waals surface area contributed by atoms with Crippen molar-refractivity contribution in [1.82, 2.24) is 4.31 Å². The summed E-state index contributed by atoms with van der Waals surface area (Å²) in [6.07, 6.45) is 4.88. The Morgan fingerprint density at radius 2 is 2.10 bits per heavy atom. The summed E-state index contributed by atoms with van der Waals surface area (Å²) in [5, 5.41) is 0.418. The lowest BCUT2D eigenvalue weighted by Crippen LogP contribution is -2.39. The molecule has 0 bridgehead atoms. The molecule has 1 aromatic rings. The largest absolute Gasteiger partial charge is 0.326 e. The minimum Gasteiger partial charge on any atom is -0.326 e. The summed E-state index contributed by atoms with van der Waals surface area (Å²) in [4.78, 5) is 0.269. The van der Waals surface area contributed by atoms with E-state index in [1.165, 1.54) is 6.07 Å². The predicted octanol–water partition coefficient (Wildman–Crippen LogP) is 3.14. The summed E-state index contributed by atoms with van der Waals surface area (Å²) in [5.74, 6) is 0. The van der Waals surface area contributed by atoms with Gasteiger partial charge >= 0.3 is 0 Å². The molecule has 0 saturated carbocycles. The fourth-order valence-corrected chi connectivity index (χ4v) is 4.98. The van der Waals surface area contributed by atoms with Gasteiger partial charge in [0.1, 0.15) is 0 Å². The van der Waals surface area contributed by atoms with Crippen molar-refractivity contribution >= 4 is 21.6 Å². The van der Waals surface area contributed by atoms with Crippen molar-refractivity contribution in [2.45, 2.75) is 56.5 Å². The molecule has 1 saturated heterocycles. The molecule has 1 aromatic carbocycles. The van der Waals surface area contributed by atoms with Crippen molar-refractivity contribution in [2.24, 2.45) is 5.73 Å². The first-order chi connectivity index (χ1) is 10.0. The van der Waals surface area contributed by atoms with Gasteiger partial charge in [0.05, 0.1) is 4.90 Å². The molecule has 1 unspecified atom stereocenters. The maximum absolute atomic E-state index is 12.9. The maximum atomic E-state index is 12.9. The zero-order chi connectivity index (χ0) is 15.5. The summed E-state index contributed by atoms with van der Waals surface area (Å²) in [6.45, 7) is 2.95. The average Bonchev–Trinajstić information content (AvgIpc) is 2.72. The lowest BCUT2D eigenvalue weighted by molar-refractivity contribution is 0.315. The van der Waals surface area contributed by atoms with E-state index in [0.717, 1.165) is 37.7 Å². The third-order valence-corrected chi connectivity index (χ3v) is 6.45. The van der Waals surface area contributed by atoms with E-state index in [1.54, 1.807) is 16.4 Å². The van der Waals surface area contributed by atoms with Gasteiger partial charge in [0.2, 0.25) is 10.0 Å². The van der Waals surface area contributed by atoms with Crippen LogP contribution in [0.15, 0.2) is 23.1 Å². The molecule has 21 heavy (non-hydrogen) atoms. The first-order valence-corrected chi connectivity index (χ1v) is 9.32. The van der Waals surface area contributed by atoms with Crippen LogP contribution in [0.5, 0.6) is 0 Å². The van der Waals surface area contributed by atoms with Crippen LogP contribution in [-0.4, -0.2) is 25.3 Å². The van der Waals surface area contributed by atoms with Crippen LogP contribution >= 0.6 is 11.6 Å².